The molecular formula is C20H28FN3O4S. The van der Waals surface area contributed by atoms with Crippen molar-refractivity contribution in [3.8, 4) is 0 Å². The monoisotopic (exact) mass is 425 g/mol. The van der Waals surface area contributed by atoms with E-state index in [4.69, 9.17) is 0 Å². The highest BCUT2D eigenvalue weighted by Gasteiger charge is 2.50. The molecule has 1 heterocycles. The number of nitrogens with one attached hydrogen (secondary N) is 1. The van der Waals surface area contributed by atoms with Crippen LogP contribution in [0.1, 0.15) is 45.4 Å². The van der Waals surface area contributed by atoms with E-state index in [2.05, 4.69) is 5.32 Å². The molecule has 2 fully saturated rings. The number of carbonyl (C=O) groups excluding carboxylic acids is 2. The molecule has 0 aromatic heterocycles. The number of hydrogen-bond donors (Lipinski definition) is 1. The third-order valence-electron chi connectivity index (χ3n) is 5.77. The molecule has 1 aromatic rings. The molecule has 1 saturated heterocycles. The molecule has 2 amide bonds. The molecular weight excluding hydrogens is 397 g/mol. The predicted octanol–water partition coefficient (Wildman–Crippen LogP) is 2.03. The number of carbonyl (C=O) groups is 2. The Balaban J connectivity index is 1.95. The molecule has 1 aromatic carbocycles. The van der Waals surface area contributed by atoms with Crippen LogP contribution in [0.15, 0.2) is 24.3 Å². The Hall–Kier alpha value is -2.00. The Morgan fingerprint density at radius 3 is 2.28 bits per heavy atom. The Bertz CT molecular complexity index is 866. The maximum absolute atomic E-state index is 13.4. The number of benzene rings is 1. The minimum absolute atomic E-state index is 0.000560. The number of piperazine rings is 1. The second-order valence-electron chi connectivity index (χ2n) is 8.17. The number of rotatable bonds is 4. The molecule has 7 nitrogen and oxygen atoms in total. The first-order valence-corrected chi connectivity index (χ1v) is 11.8. The topological polar surface area (TPSA) is 86.8 Å². The molecule has 1 atom stereocenters. The summed E-state index contributed by atoms with van der Waals surface area (Å²) < 4.78 is 38.7. The van der Waals surface area contributed by atoms with Gasteiger partial charge in [-0.2, -0.15) is 4.31 Å². The zero-order chi connectivity index (χ0) is 21.2. The van der Waals surface area contributed by atoms with E-state index < -0.39 is 33.2 Å². The quantitative estimate of drug-likeness (QED) is 0.748. The fraction of sp³-hybridized carbons (Fsp3) is 0.600. The summed E-state index contributed by atoms with van der Waals surface area (Å²) in [6.45, 7) is 1.05. The highest BCUT2D eigenvalue weighted by atomic mass is 32.2. The van der Waals surface area contributed by atoms with Crippen molar-refractivity contribution in [3.63, 3.8) is 0 Å². The first kappa shape index (κ1) is 21.7. The maximum atomic E-state index is 13.4. The van der Waals surface area contributed by atoms with Gasteiger partial charge in [0.05, 0.1) is 12.8 Å². The lowest BCUT2D eigenvalue weighted by Crippen LogP contribution is -2.70. The van der Waals surface area contributed by atoms with Crippen molar-refractivity contribution in [1.29, 1.82) is 0 Å². The molecule has 9 heteroatoms. The van der Waals surface area contributed by atoms with E-state index in [0.717, 1.165) is 49.1 Å². The largest absolute Gasteiger partial charge is 0.351 e. The van der Waals surface area contributed by atoms with Gasteiger partial charge in [-0.3, -0.25) is 14.5 Å². The van der Waals surface area contributed by atoms with E-state index >= 15 is 0 Å². The van der Waals surface area contributed by atoms with Gasteiger partial charge in [-0.05, 0) is 44.0 Å². The molecule has 2 aliphatic rings. The Morgan fingerprint density at radius 2 is 1.72 bits per heavy atom. The van der Waals surface area contributed by atoms with Crippen LogP contribution in [0.25, 0.3) is 0 Å². The van der Waals surface area contributed by atoms with Gasteiger partial charge in [0.1, 0.15) is 11.4 Å². The summed E-state index contributed by atoms with van der Waals surface area (Å²) in [6.07, 6.45) is 7.06. The maximum Gasteiger partial charge on any atom is 0.247 e. The average molecular weight is 426 g/mol. The Labute approximate surface area is 171 Å². The Kier molecular flexibility index (Phi) is 6.28. The molecule has 0 spiro atoms. The normalized spacial score (nSPS) is 24.9. The lowest BCUT2D eigenvalue weighted by atomic mass is 9.93. The summed E-state index contributed by atoms with van der Waals surface area (Å²) in [4.78, 5) is 27.6. The van der Waals surface area contributed by atoms with Crippen LogP contribution in [-0.4, -0.2) is 55.5 Å². The Morgan fingerprint density at radius 1 is 1.14 bits per heavy atom. The first-order valence-electron chi connectivity index (χ1n) is 9.96. The van der Waals surface area contributed by atoms with Crippen molar-refractivity contribution in [3.05, 3.63) is 30.1 Å². The van der Waals surface area contributed by atoms with Gasteiger partial charge in [-0.1, -0.05) is 25.7 Å². The molecule has 1 aliphatic carbocycles. The van der Waals surface area contributed by atoms with E-state index in [0.29, 0.717) is 5.69 Å². The van der Waals surface area contributed by atoms with Crippen molar-refractivity contribution < 1.29 is 22.4 Å². The molecule has 0 radical (unpaired) electrons. The number of amides is 2. The van der Waals surface area contributed by atoms with Crippen LogP contribution in [0.2, 0.25) is 0 Å². The van der Waals surface area contributed by atoms with Crippen LogP contribution in [-0.2, 0) is 19.6 Å². The van der Waals surface area contributed by atoms with Gasteiger partial charge in [-0.15, -0.1) is 0 Å². The van der Waals surface area contributed by atoms with E-state index in [-0.39, 0.29) is 19.1 Å². The lowest BCUT2D eigenvalue weighted by molar-refractivity contribution is -0.133. The van der Waals surface area contributed by atoms with Crippen LogP contribution in [0.4, 0.5) is 10.1 Å². The van der Waals surface area contributed by atoms with Crippen LogP contribution in [0.5, 0.6) is 0 Å². The molecule has 3 rings (SSSR count). The second-order valence-corrected chi connectivity index (χ2v) is 10.2. The van der Waals surface area contributed by atoms with E-state index in [1.807, 2.05) is 0 Å². The summed E-state index contributed by atoms with van der Waals surface area (Å²) in [5.74, 6) is -1.37. The van der Waals surface area contributed by atoms with Gasteiger partial charge < -0.3 is 5.32 Å². The molecule has 29 heavy (non-hydrogen) atoms. The van der Waals surface area contributed by atoms with Gasteiger partial charge >= 0.3 is 0 Å². The highest BCUT2D eigenvalue weighted by molar-refractivity contribution is 7.88. The van der Waals surface area contributed by atoms with Gasteiger partial charge in [0, 0.05) is 18.3 Å². The van der Waals surface area contributed by atoms with Crippen molar-refractivity contribution in [2.45, 2.75) is 57.0 Å². The van der Waals surface area contributed by atoms with Gasteiger partial charge in [0.15, 0.2) is 0 Å². The molecule has 1 saturated carbocycles. The van der Waals surface area contributed by atoms with Crippen LogP contribution < -0.4 is 10.2 Å². The number of nitrogens with zero attached hydrogens (tertiary/aromatic N) is 2. The molecule has 1 N–H and O–H groups in total. The van der Waals surface area contributed by atoms with Crippen molar-refractivity contribution in [1.82, 2.24) is 9.62 Å². The molecule has 0 bridgehead atoms. The smallest absolute Gasteiger partial charge is 0.247 e. The summed E-state index contributed by atoms with van der Waals surface area (Å²) >= 11 is 0. The molecule has 1 unspecified atom stereocenters. The third-order valence-corrected chi connectivity index (χ3v) is 6.97. The third kappa shape index (κ3) is 4.78. The number of halogens is 1. The van der Waals surface area contributed by atoms with E-state index in [1.165, 1.54) is 29.2 Å². The molecule has 160 valence electrons. The lowest BCUT2D eigenvalue weighted by Gasteiger charge is -2.46. The average Bonchev–Trinajstić information content (AvgIpc) is 2.90. The van der Waals surface area contributed by atoms with E-state index in [1.54, 1.807) is 6.92 Å². The standard InChI is InChI=1S/C20H28FN3O4S/c1-20(19(26)22-16-7-5-3-4-6-8-16)14-23(29(2,27)28)13-18(25)24(20)17-11-9-15(21)10-12-17/h9-12,16H,3-8,13-14H2,1-2H3,(H,22,26). The predicted molar refractivity (Wildman–Crippen MR) is 108 cm³/mol. The number of hydrogen-bond acceptors (Lipinski definition) is 4. The van der Waals surface area contributed by atoms with Crippen LogP contribution in [0.3, 0.4) is 0 Å². The summed E-state index contributed by atoms with van der Waals surface area (Å²) in [6, 6.07) is 5.30. The first-order chi connectivity index (χ1) is 13.6. The minimum atomic E-state index is -3.67. The highest BCUT2D eigenvalue weighted by Crippen LogP contribution is 2.31. The van der Waals surface area contributed by atoms with Gasteiger partial charge in [0.2, 0.25) is 21.8 Å². The zero-order valence-corrected chi connectivity index (χ0v) is 17.7. The zero-order valence-electron chi connectivity index (χ0n) is 16.9. The fourth-order valence-corrected chi connectivity index (χ4v) is 4.99. The van der Waals surface area contributed by atoms with Crippen LogP contribution >= 0.6 is 0 Å². The second kappa shape index (κ2) is 8.39. The van der Waals surface area contributed by atoms with Gasteiger partial charge in [0.25, 0.3) is 0 Å². The fourth-order valence-electron chi connectivity index (χ4n) is 4.16. The molecule has 1 aliphatic heterocycles. The van der Waals surface area contributed by atoms with Crippen LogP contribution in [0, 0.1) is 5.82 Å². The van der Waals surface area contributed by atoms with Crippen molar-refractivity contribution in [2.24, 2.45) is 0 Å². The summed E-state index contributed by atoms with van der Waals surface area (Å²) in [7, 11) is -3.67. The van der Waals surface area contributed by atoms with Crippen molar-refractivity contribution in [2.75, 3.05) is 24.2 Å². The minimum Gasteiger partial charge on any atom is -0.351 e. The van der Waals surface area contributed by atoms with E-state index in [9.17, 15) is 22.4 Å². The number of anilines is 1. The number of sulfonamides is 1. The summed E-state index contributed by atoms with van der Waals surface area (Å²) in [5, 5.41) is 3.04. The van der Waals surface area contributed by atoms with Crippen molar-refractivity contribution >= 4 is 27.5 Å². The van der Waals surface area contributed by atoms with Gasteiger partial charge in [-0.25, -0.2) is 12.8 Å². The SMILES string of the molecule is CC1(C(=O)NC2CCCCCC2)CN(S(C)(=O)=O)CC(=O)N1c1ccc(F)cc1. The summed E-state index contributed by atoms with van der Waals surface area (Å²) in [5.41, 5.74) is -1.08.